The Morgan fingerprint density at radius 2 is 2.10 bits per heavy atom. The molecule has 0 aliphatic carbocycles. The van der Waals surface area contributed by atoms with Crippen molar-refractivity contribution < 1.29 is 23.1 Å². The Balaban J connectivity index is 2.15. The van der Waals surface area contributed by atoms with Crippen LogP contribution in [0.2, 0.25) is 5.02 Å². The molecule has 1 aliphatic rings. The van der Waals surface area contributed by atoms with Crippen molar-refractivity contribution in [2.75, 3.05) is 20.2 Å². The smallest absolute Gasteiger partial charge is 0.333 e. The van der Waals surface area contributed by atoms with E-state index in [9.17, 15) is 13.2 Å². The summed E-state index contributed by atoms with van der Waals surface area (Å²) >= 11 is 5.82. The van der Waals surface area contributed by atoms with Crippen molar-refractivity contribution in [3.8, 4) is 0 Å². The first-order valence-electron chi connectivity index (χ1n) is 6.29. The van der Waals surface area contributed by atoms with Crippen LogP contribution in [0.1, 0.15) is 5.56 Å². The molecule has 0 spiro atoms. The normalized spacial score (nSPS) is 18.2. The third-order valence-electron chi connectivity index (χ3n) is 3.56. The molecule has 1 fully saturated rings. The van der Waals surface area contributed by atoms with E-state index in [-0.39, 0.29) is 23.9 Å². The number of methoxy groups -OCH3 is 1. The molecule has 1 unspecified atom stereocenters. The van der Waals surface area contributed by atoms with Gasteiger partial charge >= 0.3 is 5.97 Å². The maximum Gasteiger partial charge on any atom is 0.333 e. The first kappa shape index (κ1) is 16.2. The highest BCUT2D eigenvalue weighted by atomic mass is 35.5. The van der Waals surface area contributed by atoms with Gasteiger partial charge in [0.15, 0.2) is 6.10 Å². The third kappa shape index (κ3) is 3.06. The molecule has 1 heterocycles. The summed E-state index contributed by atoms with van der Waals surface area (Å²) in [6.07, 6.45) is -0.984. The molecule has 0 bridgehead atoms. The van der Waals surface area contributed by atoms with Crippen LogP contribution >= 0.6 is 11.6 Å². The van der Waals surface area contributed by atoms with Crippen LogP contribution in [0.4, 0.5) is 0 Å². The van der Waals surface area contributed by atoms with Gasteiger partial charge in [0.25, 0.3) is 0 Å². The molecular weight excluding hydrogens is 318 g/mol. The summed E-state index contributed by atoms with van der Waals surface area (Å²) in [6.45, 7) is 1.94. The highest BCUT2D eigenvalue weighted by molar-refractivity contribution is 7.89. The number of sulfonamides is 1. The number of carboxylic acids is 1. The number of hydrogen-bond acceptors (Lipinski definition) is 4. The summed E-state index contributed by atoms with van der Waals surface area (Å²) < 4.78 is 31.1. The van der Waals surface area contributed by atoms with Crippen LogP contribution in [0, 0.1) is 12.8 Å². The molecular formula is C13H16ClNO5S. The molecule has 0 amide bonds. The molecule has 6 nitrogen and oxygen atoms in total. The second-order valence-electron chi connectivity index (χ2n) is 4.99. The summed E-state index contributed by atoms with van der Waals surface area (Å²) in [4.78, 5) is 11.2. The number of ether oxygens (including phenoxy) is 1. The Labute approximate surface area is 128 Å². The Hall–Kier alpha value is -1.15. The van der Waals surface area contributed by atoms with Crippen LogP contribution in [0.5, 0.6) is 0 Å². The SMILES string of the molecule is COC(C(=O)O)C1CN(S(=O)(=O)c2ccc(Cl)cc2C)C1. The van der Waals surface area contributed by atoms with Gasteiger partial charge in [-0.2, -0.15) is 4.31 Å². The predicted octanol–water partition coefficient (Wildman–Crippen LogP) is 1.37. The summed E-state index contributed by atoms with van der Waals surface area (Å²) in [7, 11) is -2.32. The number of halogens is 1. The number of rotatable bonds is 5. The van der Waals surface area contributed by atoms with Crippen molar-refractivity contribution >= 4 is 27.6 Å². The minimum Gasteiger partial charge on any atom is -0.479 e. The molecule has 0 aromatic heterocycles. The van der Waals surface area contributed by atoms with Crippen LogP contribution in [0.25, 0.3) is 0 Å². The zero-order valence-corrected chi connectivity index (χ0v) is 13.2. The van der Waals surface area contributed by atoms with E-state index < -0.39 is 22.1 Å². The lowest BCUT2D eigenvalue weighted by Crippen LogP contribution is -2.56. The van der Waals surface area contributed by atoms with Crippen molar-refractivity contribution in [2.45, 2.75) is 17.9 Å². The standard InChI is InChI=1S/C13H16ClNO5S/c1-8-5-10(14)3-4-11(8)21(18,19)15-6-9(7-15)12(20-2)13(16)17/h3-5,9,12H,6-7H2,1-2H3,(H,16,17). The van der Waals surface area contributed by atoms with E-state index in [0.717, 1.165) is 0 Å². The fourth-order valence-corrected chi connectivity index (χ4v) is 4.38. The van der Waals surface area contributed by atoms with E-state index in [4.69, 9.17) is 21.4 Å². The highest BCUT2D eigenvalue weighted by Gasteiger charge is 2.43. The van der Waals surface area contributed by atoms with Crippen molar-refractivity contribution in [2.24, 2.45) is 5.92 Å². The largest absolute Gasteiger partial charge is 0.479 e. The summed E-state index contributed by atoms with van der Waals surface area (Å²) in [5, 5.41) is 9.45. The van der Waals surface area contributed by atoms with Gasteiger partial charge in [0.1, 0.15) is 0 Å². The number of carboxylic acid groups (broad SMARTS) is 1. The van der Waals surface area contributed by atoms with Crippen LogP contribution < -0.4 is 0 Å². The maximum atomic E-state index is 12.5. The average Bonchev–Trinajstić information content (AvgIpc) is 2.31. The van der Waals surface area contributed by atoms with Gasteiger partial charge in [0.05, 0.1) is 4.90 Å². The zero-order chi connectivity index (χ0) is 15.8. The van der Waals surface area contributed by atoms with Gasteiger partial charge < -0.3 is 9.84 Å². The van der Waals surface area contributed by atoms with Crippen molar-refractivity contribution in [1.29, 1.82) is 0 Å². The third-order valence-corrected chi connectivity index (χ3v) is 5.78. The predicted molar refractivity (Wildman–Crippen MR) is 76.9 cm³/mol. The molecule has 0 radical (unpaired) electrons. The van der Waals surface area contributed by atoms with Gasteiger partial charge in [-0.15, -0.1) is 0 Å². The van der Waals surface area contributed by atoms with Gasteiger partial charge in [0.2, 0.25) is 10.0 Å². The zero-order valence-electron chi connectivity index (χ0n) is 11.6. The molecule has 8 heteroatoms. The Bertz CT molecular complexity index is 655. The monoisotopic (exact) mass is 333 g/mol. The lowest BCUT2D eigenvalue weighted by atomic mass is 9.96. The molecule has 1 aromatic carbocycles. The van der Waals surface area contributed by atoms with Crippen LogP contribution in [-0.4, -0.2) is 50.1 Å². The summed E-state index contributed by atoms with van der Waals surface area (Å²) in [5.74, 6) is -1.42. The van der Waals surface area contributed by atoms with Gasteiger partial charge in [-0.25, -0.2) is 13.2 Å². The van der Waals surface area contributed by atoms with Gasteiger partial charge in [-0.05, 0) is 30.7 Å². The van der Waals surface area contributed by atoms with E-state index in [1.54, 1.807) is 13.0 Å². The van der Waals surface area contributed by atoms with E-state index in [1.165, 1.54) is 23.5 Å². The molecule has 116 valence electrons. The minimum atomic E-state index is -3.62. The number of carbonyl (C=O) groups is 1. The van der Waals surface area contributed by atoms with Crippen LogP contribution in [0.15, 0.2) is 23.1 Å². The molecule has 0 saturated carbocycles. The Morgan fingerprint density at radius 1 is 1.48 bits per heavy atom. The first-order valence-corrected chi connectivity index (χ1v) is 8.11. The second-order valence-corrected chi connectivity index (χ2v) is 7.33. The van der Waals surface area contributed by atoms with E-state index in [0.29, 0.717) is 10.6 Å². The molecule has 1 atom stereocenters. The number of nitrogens with zero attached hydrogens (tertiary/aromatic N) is 1. The first-order chi connectivity index (χ1) is 9.77. The quantitative estimate of drug-likeness (QED) is 0.879. The number of benzene rings is 1. The van der Waals surface area contributed by atoms with Crippen LogP contribution in [-0.2, 0) is 19.6 Å². The topological polar surface area (TPSA) is 83.9 Å². The van der Waals surface area contributed by atoms with Crippen molar-refractivity contribution in [3.05, 3.63) is 28.8 Å². The number of aliphatic carboxylic acids is 1. The number of hydrogen-bond donors (Lipinski definition) is 1. The Kier molecular flexibility index (Phi) is 4.57. The lowest BCUT2D eigenvalue weighted by molar-refractivity contribution is -0.154. The van der Waals surface area contributed by atoms with Gasteiger partial charge in [-0.1, -0.05) is 11.6 Å². The molecule has 21 heavy (non-hydrogen) atoms. The fourth-order valence-electron chi connectivity index (χ4n) is 2.39. The number of aryl methyl sites for hydroxylation is 1. The minimum absolute atomic E-state index is 0.134. The maximum absolute atomic E-state index is 12.5. The molecule has 2 rings (SSSR count). The highest BCUT2D eigenvalue weighted by Crippen LogP contribution is 2.30. The van der Waals surface area contributed by atoms with Crippen molar-refractivity contribution in [3.63, 3.8) is 0 Å². The summed E-state index contributed by atoms with van der Waals surface area (Å²) in [5.41, 5.74) is 0.562. The summed E-state index contributed by atoms with van der Waals surface area (Å²) in [6, 6.07) is 4.57. The molecule has 1 N–H and O–H groups in total. The Morgan fingerprint density at radius 3 is 2.57 bits per heavy atom. The van der Waals surface area contributed by atoms with Gasteiger partial charge in [-0.3, -0.25) is 0 Å². The van der Waals surface area contributed by atoms with E-state index in [2.05, 4.69) is 0 Å². The molecule has 1 aliphatic heterocycles. The fraction of sp³-hybridized carbons (Fsp3) is 0.462. The lowest BCUT2D eigenvalue weighted by Gasteiger charge is -2.40. The van der Waals surface area contributed by atoms with E-state index in [1.807, 2.05) is 0 Å². The second kappa shape index (κ2) is 5.92. The molecule has 1 saturated heterocycles. The van der Waals surface area contributed by atoms with Gasteiger partial charge in [0, 0.05) is 31.1 Å². The van der Waals surface area contributed by atoms with E-state index >= 15 is 0 Å². The average molecular weight is 334 g/mol. The molecule has 1 aromatic rings. The van der Waals surface area contributed by atoms with Crippen LogP contribution in [0.3, 0.4) is 0 Å². The van der Waals surface area contributed by atoms with Crippen molar-refractivity contribution in [1.82, 2.24) is 4.31 Å².